The second-order valence-electron chi connectivity index (χ2n) is 5.24. The van der Waals surface area contributed by atoms with Gasteiger partial charge in [-0.3, -0.25) is 5.10 Å². The number of nitrogens with one attached hydrogen (secondary N) is 2. The van der Waals surface area contributed by atoms with Gasteiger partial charge in [0.2, 0.25) is 0 Å². The first-order chi connectivity index (χ1) is 8.79. The second-order valence-corrected chi connectivity index (χ2v) is 5.24. The lowest BCUT2D eigenvalue weighted by Crippen LogP contribution is -2.38. The summed E-state index contributed by atoms with van der Waals surface area (Å²) in [6.45, 7) is 4.01. The minimum absolute atomic E-state index is 0.386. The summed E-state index contributed by atoms with van der Waals surface area (Å²) in [6, 6.07) is 4.82. The molecule has 0 bridgehead atoms. The predicted octanol–water partition coefficient (Wildman–Crippen LogP) is 1.87. The molecule has 0 saturated carbocycles. The number of aryl methyl sites for hydroxylation is 1. The molecule has 0 radical (unpaired) electrons. The van der Waals surface area contributed by atoms with E-state index in [1.807, 2.05) is 6.20 Å². The molecule has 4 nitrogen and oxygen atoms in total. The van der Waals surface area contributed by atoms with Crippen molar-refractivity contribution >= 4 is 10.9 Å². The Bertz CT molecular complexity index is 546. The van der Waals surface area contributed by atoms with Crippen LogP contribution in [0.15, 0.2) is 18.3 Å². The third-order valence-corrected chi connectivity index (χ3v) is 4.05. The van der Waals surface area contributed by atoms with Crippen LogP contribution in [-0.4, -0.2) is 23.3 Å². The maximum atomic E-state index is 5.91. The summed E-state index contributed by atoms with van der Waals surface area (Å²) >= 11 is 0. The number of nitrogens with two attached hydrogens (primary N) is 1. The predicted molar refractivity (Wildman–Crippen MR) is 73.4 cm³/mol. The Morgan fingerprint density at radius 2 is 2.33 bits per heavy atom. The van der Waals surface area contributed by atoms with Gasteiger partial charge in [0.15, 0.2) is 0 Å². The zero-order chi connectivity index (χ0) is 12.5. The van der Waals surface area contributed by atoms with Gasteiger partial charge in [-0.05, 0) is 62.0 Å². The Balaban J connectivity index is 2.03. The van der Waals surface area contributed by atoms with Gasteiger partial charge in [-0.2, -0.15) is 5.10 Å². The van der Waals surface area contributed by atoms with Gasteiger partial charge in [-0.1, -0.05) is 0 Å². The molecule has 2 aromatic rings. The van der Waals surface area contributed by atoms with E-state index in [-0.39, 0.29) is 0 Å². The summed E-state index contributed by atoms with van der Waals surface area (Å²) in [7, 11) is 0. The van der Waals surface area contributed by atoms with E-state index < -0.39 is 0 Å². The molecule has 1 aromatic heterocycles. The largest absolute Gasteiger partial charge is 0.330 e. The van der Waals surface area contributed by atoms with Crippen LogP contribution in [0.3, 0.4) is 0 Å². The second kappa shape index (κ2) is 4.71. The summed E-state index contributed by atoms with van der Waals surface area (Å²) in [6.07, 6.45) is 4.32. The topological polar surface area (TPSA) is 66.7 Å². The van der Waals surface area contributed by atoms with Crippen LogP contribution in [0.2, 0.25) is 0 Å². The number of H-pyrrole nitrogens is 1. The maximum absolute atomic E-state index is 5.91. The summed E-state index contributed by atoms with van der Waals surface area (Å²) in [5.41, 5.74) is 9.71. The molecule has 4 heteroatoms. The number of aromatic nitrogens is 2. The van der Waals surface area contributed by atoms with Gasteiger partial charge in [0, 0.05) is 11.4 Å². The van der Waals surface area contributed by atoms with Gasteiger partial charge in [0.1, 0.15) is 0 Å². The van der Waals surface area contributed by atoms with Crippen LogP contribution >= 0.6 is 0 Å². The van der Waals surface area contributed by atoms with Gasteiger partial charge in [0.05, 0.1) is 11.7 Å². The maximum Gasteiger partial charge on any atom is 0.0653 e. The van der Waals surface area contributed by atoms with E-state index in [2.05, 4.69) is 34.6 Å². The minimum Gasteiger partial charge on any atom is -0.330 e. The number of piperidine rings is 1. The minimum atomic E-state index is 0.386. The van der Waals surface area contributed by atoms with E-state index in [0.29, 0.717) is 12.0 Å². The molecule has 0 amide bonds. The normalized spacial score (nSPS) is 24.6. The van der Waals surface area contributed by atoms with Crippen molar-refractivity contribution in [1.82, 2.24) is 15.5 Å². The van der Waals surface area contributed by atoms with Crippen molar-refractivity contribution in [3.05, 3.63) is 29.5 Å². The van der Waals surface area contributed by atoms with E-state index in [9.17, 15) is 0 Å². The Hall–Kier alpha value is -1.39. The highest BCUT2D eigenvalue weighted by atomic mass is 15.1. The first-order valence-corrected chi connectivity index (χ1v) is 6.66. The number of hydrogen-bond donors (Lipinski definition) is 3. The standard InChI is InChI=1S/C14H20N4/c1-9-5-11-8-17-18-13(11)6-12(9)14-10(7-15)3-2-4-16-14/h5-6,8,10,14,16H,2-4,7,15H2,1H3,(H,17,18). The van der Waals surface area contributed by atoms with Crippen molar-refractivity contribution < 1.29 is 0 Å². The van der Waals surface area contributed by atoms with Crippen molar-refractivity contribution in [1.29, 1.82) is 0 Å². The van der Waals surface area contributed by atoms with E-state index >= 15 is 0 Å². The molecule has 1 aliphatic heterocycles. The van der Waals surface area contributed by atoms with Crippen LogP contribution in [0.25, 0.3) is 10.9 Å². The SMILES string of the molecule is Cc1cc2cn[nH]c2cc1C1NCCCC1CN. The van der Waals surface area contributed by atoms with Crippen molar-refractivity contribution in [2.24, 2.45) is 11.7 Å². The van der Waals surface area contributed by atoms with Gasteiger partial charge < -0.3 is 11.1 Å². The van der Waals surface area contributed by atoms with Crippen LogP contribution < -0.4 is 11.1 Å². The van der Waals surface area contributed by atoms with Gasteiger partial charge >= 0.3 is 0 Å². The number of fused-ring (bicyclic) bond motifs is 1. The number of aromatic amines is 1. The molecule has 1 aromatic carbocycles. The number of nitrogens with zero attached hydrogens (tertiary/aromatic N) is 1. The quantitative estimate of drug-likeness (QED) is 0.755. The van der Waals surface area contributed by atoms with Crippen LogP contribution in [0.4, 0.5) is 0 Å². The lowest BCUT2D eigenvalue weighted by atomic mass is 9.84. The molecule has 2 unspecified atom stereocenters. The van der Waals surface area contributed by atoms with E-state index in [4.69, 9.17) is 5.73 Å². The van der Waals surface area contributed by atoms with Gasteiger partial charge in [-0.25, -0.2) is 0 Å². The van der Waals surface area contributed by atoms with Crippen molar-refractivity contribution in [2.75, 3.05) is 13.1 Å². The molecule has 0 aliphatic carbocycles. The smallest absolute Gasteiger partial charge is 0.0653 e. The zero-order valence-corrected chi connectivity index (χ0v) is 10.7. The van der Waals surface area contributed by atoms with Gasteiger partial charge in [-0.15, -0.1) is 0 Å². The number of benzene rings is 1. The van der Waals surface area contributed by atoms with Crippen LogP contribution in [0, 0.1) is 12.8 Å². The van der Waals surface area contributed by atoms with Crippen molar-refractivity contribution in [3.63, 3.8) is 0 Å². The Morgan fingerprint density at radius 1 is 1.44 bits per heavy atom. The number of rotatable bonds is 2. The molecule has 18 heavy (non-hydrogen) atoms. The van der Waals surface area contributed by atoms with Crippen molar-refractivity contribution in [2.45, 2.75) is 25.8 Å². The lowest BCUT2D eigenvalue weighted by Gasteiger charge is -2.33. The highest BCUT2D eigenvalue weighted by Gasteiger charge is 2.26. The average Bonchev–Trinajstić information content (AvgIpc) is 2.84. The summed E-state index contributed by atoms with van der Waals surface area (Å²) in [5.74, 6) is 0.540. The summed E-state index contributed by atoms with van der Waals surface area (Å²) in [4.78, 5) is 0. The Labute approximate surface area is 107 Å². The molecule has 2 heterocycles. The fourth-order valence-electron chi connectivity index (χ4n) is 3.03. The molecular formula is C14H20N4. The fourth-order valence-corrected chi connectivity index (χ4v) is 3.03. The van der Waals surface area contributed by atoms with Crippen LogP contribution in [-0.2, 0) is 0 Å². The third-order valence-electron chi connectivity index (χ3n) is 4.05. The summed E-state index contributed by atoms with van der Waals surface area (Å²) in [5, 5.41) is 11.9. The van der Waals surface area contributed by atoms with E-state index in [1.165, 1.54) is 29.4 Å². The zero-order valence-electron chi connectivity index (χ0n) is 10.7. The molecule has 1 saturated heterocycles. The van der Waals surface area contributed by atoms with Crippen molar-refractivity contribution in [3.8, 4) is 0 Å². The molecule has 1 aliphatic rings. The molecular weight excluding hydrogens is 224 g/mol. The molecule has 3 rings (SSSR count). The number of hydrogen-bond acceptors (Lipinski definition) is 3. The van der Waals surface area contributed by atoms with Gasteiger partial charge in [0.25, 0.3) is 0 Å². The molecule has 4 N–H and O–H groups in total. The van der Waals surface area contributed by atoms with Crippen LogP contribution in [0.5, 0.6) is 0 Å². The van der Waals surface area contributed by atoms with E-state index in [0.717, 1.165) is 18.6 Å². The van der Waals surface area contributed by atoms with E-state index in [1.54, 1.807) is 0 Å². The highest BCUT2D eigenvalue weighted by molar-refractivity contribution is 5.79. The average molecular weight is 244 g/mol. The highest BCUT2D eigenvalue weighted by Crippen LogP contribution is 2.32. The fraction of sp³-hybridized carbons (Fsp3) is 0.500. The Morgan fingerprint density at radius 3 is 3.17 bits per heavy atom. The summed E-state index contributed by atoms with van der Waals surface area (Å²) < 4.78 is 0. The molecule has 2 atom stereocenters. The third kappa shape index (κ3) is 1.91. The lowest BCUT2D eigenvalue weighted by molar-refractivity contribution is 0.290. The molecule has 1 fully saturated rings. The molecule has 96 valence electrons. The first kappa shape index (κ1) is 11.7. The first-order valence-electron chi connectivity index (χ1n) is 6.66. The Kier molecular flexibility index (Phi) is 3.06. The molecule has 0 spiro atoms. The van der Waals surface area contributed by atoms with Crippen LogP contribution in [0.1, 0.15) is 30.0 Å². The monoisotopic (exact) mass is 244 g/mol.